The van der Waals surface area contributed by atoms with Crippen LogP contribution in [-0.4, -0.2) is 62.7 Å². The minimum absolute atomic E-state index is 0.0308. The average Bonchev–Trinajstić information content (AvgIpc) is 3.30. The summed E-state index contributed by atoms with van der Waals surface area (Å²) in [6.07, 6.45) is 7.53. The van der Waals surface area contributed by atoms with E-state index in [2.05, 4.69) is 17.1 Å². The van der Waals surface area contributed by atoms with Crippen molar-refractivity contribution in [3.63, 3.8) is 0 Å². The molecule has 2 bridgehead atoms. The predicted octanol–water partition coefficient (Wildman–Crippen LogP) is 2.67. The molecular formula is C21H28N2O3. The van der Waals surface area contributed by atoms with Crippen LogP contribution >= 0.6 is 0 Å². The second kappa shape index (κ2) is 7.31. The Hall–Kier alpha value is -2.01. The van der Waals surface area contributed by atoms with Crippen molar-refractivity contribution in [3.05, 3.63) is 35.9 Å². The lowest BCUT2D eigenvalue weighted by atomic mass is 9.93. The van der Waals surface area contributed by atoms with Crippen LogP contribution in [0, 0.1) is 17.8 Å². The Morgan fingerprint density at radius 3 is 2.50 bits per heavy atom. The van der Waals surface area contributed by atoms with Gasteiger partial charge in [0.2, 0.25) is 0 Å². The average molecular weight is 356 g/mol. The summed E-state index contributed by atoms with van der Waals surface area (Å²) in [6.45, 7) is 4.63. The highest BCUT2D eigenvalue weighted by molar-refractivity contribution is 5.97. The first-order valence-corrected chi connectivity index (χ1v) is 9.60. The third-order valence-corrected chi connectivity index (χ3v) is 6.20. The second-order valence-electron chi connectivity index (χ2n) is 7.67. The van der Waals surface area contributed by atoms with E-state index in [9.17, 15) is 4.79 Å². The van der Waals surface area contributed by atoms with E-state index in [4.69, 9.17) is 9.47 Å². The van der Waals surface area contributed by atoms with Crippen molar-refractivity contribution in [1.82, 2.24) is 9.80 Å². The topological polar surface area (TPSA) is 42.0 Å². The van der Waals surface area contributed by atoms with E-state index < -0.39 is 0 Å². The van der Waals surface area contributed by atoms with Gasteiger partial charge in [0.25, 0.3) is 5.91 Å². The highest BCUT2D eigenvalue weighted by atomic mass is 16.5. The normalized spacial score (nSPS) is 27.8. The number of carbonyl (C=O) groups excluding carboxylic acids is 1. The number of ether oxygens (including phenoxy) is 2. The first-order chi connectivity index (χ1) is 12.7. The van der Waals surface area contributed by atoms with Gasteiger partial charge in [-0.2, -0.15) is 0 Å². The van der Waals surface area contributed by atoms with Crippen molar-refractivity contribution in [1.29, 1.82) is 0 Å². The molecule has 3 atom stereocenters. The highest BCUT2D eigenvalue weighted by Gasteiger charge is 2.37. The molecule has 1 aromatic carbocycles. The maximum Gasteiger partial charge on any atom is 0.257 e. The van der Waals surface area contributed by atoms with Gasteiger partial charge in [0, 0.05) is 32.7 Å². The third kappa shape index (κ3) is 3.20. The summed E-state index contributed by atoms with van der Waals surface area (Å²) in [6, 6.07) is 5.47. The number of allylic oxidation sites excluding steroid dienone is 2. The van der Waals surface area contributed by atoms with Crippen LogP contribution in [0.1, 0.15) is 23.2 Å². The van der Waals surface area contributed by atoms with Gasteiger partial charge in [-0.1, -0.05) is 18.2 Å². The molecule has 0 radical (unpaired) electrons. The number of benzene rings is 1. The quantitative estimate of drug-likeness (QED) is 0.761. The maximum absolute atomic E-state index is 13.0. The Labute approximate surface area is 155 Å². The minimum Gasteiger partial charge on any atom is -0.493 e. The molecular weight excluding hydrogens is 328 g/mol. The fourth-order valence-electron chi connectivity index (χ4n) is 4.80. The lowest BCUT2D eigenvalue weighted by Gasteiger charge is -2.37. The molecule has 2 fully saturated rings. The Balaban J connectivity index is 1.36. The van der Waals surface area contributed by atoms with E-state index in [1.54, 1.807) is 14.2 Å². The Kier molecular flexibility index (Phi) is 4.90. The zero-order valence-corrected chi connectivity index (χ0v) is 15.7. The van der Waals surface area contributed by atoms with E-state index in [0.717, 1.165) is 43.9 Å². The standard InChI is InChI=1S/C21H28N2O3/c1-25-19-5-3-4-18(20(19)26-2)21(24)23-10-8-22(9-11-23)14-17-13-15-6-7-16(17)12-15/h3-7,15-17H,8-14H2,1-2H3/t15-,16+,17-/m1/s1. The lowest BCUT2D eigenvalue weighted by Crippen LogP contribution is -2.50. The molecule has 0 unspecified atom stereocenters. The van der Waals surface area contributed by atoms with Crippen LogP contribution < -0.4 is 9.47 Å². The van der Waals surface area contributed by atoms with Gasteiger partial charge in [0.15, 0.2) is 11.5 Å². The number of carbonyl (C=O) groups is 1. The summed E-state index contributed by atoms with van der Waals surface area (Å²) in [7, 11) is 3.17. The van der Waals surface area contributed by atoms with E-state index in [0.29, 0.717) is 17.1 Å². The highest BCUT2D eigenvalue weighted by Crippen LogP contribution is 2.43. The Bertz CT molecular complexity index is 694. The van der Waals surface area contributed by atoms with E-state index in [1.807, 2.05) is 23.1 Å². The van der Waals surface area contributed by atoms with Gasteiger partial charge in [-0.3, -0.25) is 9.69 Å². The molecule has 1 heterocycles. The van der Waals surface area contributed by atoms with Crippen LogP contribution in [0.15, 0.2) is 30.4 Å². The van der Waals surface area contributed by atoms with Gasteiger partial charge >= 0.3 is 0 Å². The van der Waals surface area contributed by atoms with Crippen molar-refractivity contribution in [2.75, 3.05) is 46.9 Å². The summed E-state index contributed by atoms with van der Waals surface area (Å²) in [4.78, 5) is 17.4. The largest absolute Gasteiger partial charge is 0.493 e. The van der Waals surface area contributed by atoms with Gasteiger partial charge in [-0.05, 0) is 42.7 Å². The third-order valence-electron chi connectivity index (χ3n) is 6.20. The van der Waals surface area contributed by atoms with Crippen LogP contribution in [0.25, 0.3) is 0 Å². The number of nitrogens with zero attached hydrogens (tertiary/aromatic N) is 2. The van der Waals surface area contributed by atoms with Gasteiger partial charge in [0.1, 0.15) is 0 Å². The summed E-state index contributed by atoms with van der Waals surface area (Å²) < 4.78 is 10.7. The molecule has 26 heavy (non-hydrogen) atoms. The molecule has 3 aliphatic rings. The smallest absolute Gasteiger partial charge is 0.257 e. The number of rotatable bonds is 5. The number of hydrogen-bond acceptors (Lipinski definition) is 4. The molecule has 1 saturated heterocycles. The fraction of sp³-hybridized carbons (Fsp3) is 0.571. The SMILES string of the molecule is COc1cccc(C(=O)N2CCN(C[C@H]3C[C@@H]4C=C[C@H]3C4)CC2)c1OC. The molecule has 0 aromatic heterocycles. The van der Waals surface area contributed by atoms with Crippen LogP contribution in [0.2, 0.25) is 0 Å². The molecule has 1 aliphatic heterocycles. The molecule has 1 aromatic rings. The zero-order chi connectivity index (χ0) is 18.1. The van der Waals surface area contributed by atoms with Crippen molar-refractivity contribution in [2.24, 2.45) is 17.8 Å². The number of hydrogen-bond donors (Lipinski definition) is 0. The molecule has 0 spiro atoms. The molecule has 1 amide bonds. The number of para-hydroxylation sites is 1. The second-order valence-corrected chi connectivity index (χ2v) is 7.67. The monoisotopic (exact) mass is 356 g/mol. The van der Waals surface area contributed by atoms with Crippen molar-refractivity contribution >= 4 is 5.91 Å². The van der Waals surface area contributed by atoms with Crippen LogP contribution in [0.3, 0.4) is 0 Å². The Morgan fingerprint density at radius 1 is 1.08 bits per heavy atom. The van der Waals surface area contributed by atoms with Crippen LogP contribution in [0.4, 0.5) is 0 Å². The number of methoxy groups -OCH3 is 2. The summed E-state index contributed by atoms with van der Waals surface area (Å²) in [5.41, 5.74) is 0.582. The predicted molar refractivity (Wildman–Crippen MR) is 101 cm³/mol. The minimum atomic E-state index is 0.0308. The maximum atomic E-state index is 13.0. The number of piperazine rings is 1. The molecule has 5 nitrogen and oxygen atoms in total. The van der Waals surface area contributed by atoms with Gasteiger partial charge in [0.05, 0.1) is 19.8 Å². The first-order valence-electron chi connectivity index (χ1n) is 9.60. The molecule has 5 heteroatoms. The van der Waals surface area contributed by atoms with Crippen molar-refractivity contribution < 1.29 is 14.3 Å². The molecule has 4 rings (SSSR count). The molecule has 1 saturated carbocycles. The lowest BCUT2D eigenvalue weighted by molar-refractivity contribution is 0.0606. The number of fused-ring (bicyclic) bond motifs is 2. The summed E-state index contributed by atoms with van der Waals surface area (Å²) in [5.74, 6) is 3.58. The van der Waals surface area contributed by atoms with Crippen LogP contribution in [0.5, 0.6) is 11.5 Å². The van der Waals surface area contributed by atoms with Gasteiger partial charge in [-0.25, -0.2) is 0 Å². The molecule has 140 valence electrons. The van der Waals surface area contributed by atoms with Crippen molar-refractivity contribution in [3.8, 4) is 11.5 Å². The van der Waals surface area contributed by atoms with Crippen LogP contribution in [-0.2, 0) is 0 Å². The fourth-order valence-corrected chi connectivity index (χ4v) is 4.80. The zero-order valence-electron chi connectivity index (χ0n) is 15.7. The summed E-state index contributed by atoms with van der Waals surface area (Å²) in [5, 5.41) is 0. The Morgan fingerprint density at radius 2 is 1.88 bits per heavy atom. The van der Waals surface area contributed by atoms with E-state index >= 15 is 0 Å². The number of amides is 1. The van der Waals surface area contributed by atoms with Gasteiger partial charge < -0.3 is 14.4 Å². The van der Waals surface area contributed by atoms with E-state index in [-0.39, 0.29) is 5.91 Å². The van der Waals surface area contributed by atoms with Gasteiger partial charge in [-0.15, -0.1) is 0 Å². The van der Waals surface area contributed by atoms with Crippen molar-refractivity contribution in [2.45, 2.75) is 12.8 Å². The van der Waals surface area contributed by atoms with E-state index in [1.165, 1.54) is 19.4 Å². The first kappa shape index (κ1) is 17.4. The molecule has 0 N–H and O–H groups in total. The summed E-state index contributed by atoms with van der Waals surface area (Å²) >= 11 is 0. The molecule has 2 aliphatic carbocycles.